The Hall–Kier alpha value is -2.40. The molecule has 0 unspecified atom stereocenters. The molecule has 5 heteroatoms. The van der Waals surface area contributed by atoms with Gasteiger partial charge in [0.1, 0.15) is 11.7 Å². The van der Waals surface area contributed by atoms with Crippen molar-refractivity contribution in [3.63, 3.8) is 0 Å². The van der Waals surface area contributed by atoms with Crippen molar-refractivity contribution in [3.8, 4) is 0 Å². The summed E-state index contributed by atoms with van der Waals surface area (Å²) in [6, 6.07) is 7.92. The summed E-state index contributed by atoms with van der Waals surface area (Å²) in [6.45, 7) is 9.67. The minimum absolute atomic E-state index is 0.618. The van der Waals surface area contributed by atoms with Crippen molar-refractivity contribution < 1.29 is 9.53 Å². The van der Waals surface area contributed by atoms with E-state index in [-0.39, 0.29) is 0 Å². The van der Waals surface area contributed by atoms with E-state index in [1.807, 2.05) is 30.3 Å². The molecule has 3 rings (SSSR count). The van der Waals surface area contributed by atoms with Crippen LogP contribution in [0.1, 0.15) is 23.7 Å². The molecular formula is C19H23N3O2. The number of hydrogen-bond donors (Lipinski definition) is 0. The number of hydrogen-bond acceptors (Lipinski definition) is 3. The number of morpholine rings is 1. The Balaban J connectivity index is 2.15. The van der Waals surface area contributed by atoms with Gasteiger partial charge in [-0.2, -0.15) is 0 Å². The molecule has 0 spiro atoms. The third-order valence-corrected chi connectivity index (χ3v) is 4.34. The molecule has 0 radical (unpaired) electrons. The van der Waals surface area contributed by atoms with Crippen LogP contribution in [0.25, 0.3) is 10.9 Å². The van der Waals surface area contributed by atoms with E-state index in [4.69, 9.17) is 9.73 Å². The summed E-state index contributed by atoms with van der Waals surface area (Å²) in [4.78, 5) is 18.9. The van der Waals surface area contributed by atoms with Gasteiger partial charge in [-0.05, 0) is 6.07 Å². The molecule has 1 aliphatic rings. The average molecular weight is 325 g/mol. The SMILES string of the molecule is C=CCn1c(/N=C(/CC)N2CCOCC2)c(C=O)c2ccccc21. The fourth-order valence-corrected chi connectivity index (χ4v) is 3.18. The number of carbonyl (C=O) groups is 1. The lowest BCUT2D eigenvalue weighted by Gasteiger charge is -2.29. The van der Waals surface area contributed by atoms with Crippen LogP contribution < -0.4 is 0 Å². The van der Waals surface area contributed by atoms with Crippen molar-refractivity contribution in [1.82, 2.24) is 9.47 Å². The Morgan fingerprint density at radius 3 is 2.75 bits per heavy atom. The van der Waals surface area contributed by atoms with Crippen LogP contribution in [0.4, 0.5) is 5.82 Å². The third-order valence-electron chi connectivity index (χ3n) is 4.34. The highest BCUT2D eigenvalue weighted by molar-refractivity contribution is 6.04. The zero-order chi connectivity index (χ0) is 16.9. The zero-order valence-corrected chi connectivity index (χ0v) is 14.1. The molecule has 24 heavy (non-hydrogen) atoms. The maximum Gasteiger partial charge on any atom is 0.154 e. The first-order valence-corrected chi connectivity index (χ1v) is 8.37. The van der Waals surface area contributed by atoms with Crippen LogP contribution in [0.2, 0.25) is 0 Å². The third kappa shape index (κ3) is 2.99. The van der Waals surface area contributed by atoms with E-state index < -0.39 is 0 Å². The summed E-state index contributed by atoms with van der Waals surface area (Å²) in [5.74, 6) is 1.71. The van der Waals surface area contributed by atoms with Crippen molar-refractivity contribution in [2.24, 2.45) is 4.99 Å². The zero-order valence-electron chi connectivity index (χ0n) is 14.1. The van der Waals surface area contributed by atoms with Crippen molar-refractivity contribution in [2.75, 3.05) is 26.3 Å². The van der Waals surface area contributed by atoms with Crippen molar-refractivity contribution in [2.45, 2.75) is 19.9 Å². The quantitative estimate of drug-likeness (QED) is 0.366. The van der Waals surface area contributed by atoms with Crippen LogP contribution in [0.15, 0.2) is 41.9 Å². The molecule has 0 N–H and O–H groups in total. The standard InChI is InChI=1S/C19H23N3O2/c1-3-9-22-17-8-6-5-7-15(17)16(14-23)19(22)20-18(4-2)21-10-12-24-13-11-21/h3,5-8,14H,1,4,9-13H2,2H3/b20-18-. The monoisotopic (exact) mass is 325 g/mol. The van der Waals surface area contributed by atoms with Gasteiger partial charge in [-0.3, -0.25) is 4.79 Å². The summed E-state index contributed by atoms with van der Waals surface area (Å²) in [7, 11) is 0. The van der Waals surface area contributed by atoms with Crippen LogP contribution in [0.3, 0.4) is 0 Å². The van der Waals surface area contributed by atoms with E-state index in [9.17, 15) is 4.79 Å². The summed E-state index contributed by atoms with van der Waals surface area (Å²) >= 11 is 0. The van der Waals surface area contributed by atoms with Gasteiger partial charge in [0.15, 0.2) is 6.29 Å². The molecule has 2 aromatic rings. The molecule has 0 saturated carbocycles. The van der Waals surface area contributed by atoms with Gasteiger partial charge in [0.25, 0.3) is 0 Å². The highest BCUT2D eigenvalue weighted by atomic mass is 16.5. The van der Waals surface area contributed by atoms with Gasteiger partial charge in [0, 0.05) is 31.4 Å². The number of aliphatic imine (C=N–C) groups is 1. The lowest BCUT2D eigenvalue weighted by molar-refractivity contribution is 0.0673. The second-order valence-electron chi connectivity index (χ2n) is 5.75. The van der Waals surface area contributed by atoms with Crippen molar-refractivity contribution in [1.29, 1.82) is 0 Å². The van der Waals surface area contributed by atoms with Crippen LogP contribution >= 0.6 is 0 Å². The van der Waals surface area contributed by atoms with E-state index in [0.717, 1.165) is 61.6 Å². The number of ether oxygens (including phenoxy) is 1. The Morgan fingerprint density at radius 2 is 2.08 bits per heavy atom. The van der Waals surface area contributed by atoms with Crippen molar-refractivity contribution in [3.05, 3.63) is 42.5 Å². The molecule has 126 valence electrons. The van der Waals surface area contributed by atoms with Crippen molar-refractivity contribution >= 4 is 28.8 Å². The predicted molar refractivity (Wildman–Crippen MR) is 97.3 cm³/mol. The molecule has 1 aliphatic heterocycles. The lowest BCUT2D eigenvalue weighted by atomic mass is 10.2. The van der Waals surface area contributed by atoms with Crippen LogP contribution in [-0.2, 0) is 11.3 Å². The van der Waals surface area contributed by atoms with Gasteiger partial charge in [0.05, 0.1) is 24.3 Å². The topological polar surface area (TPSA) is 46.8 Å². The Morgan fingerprint density at radius 1 is 1.33 bits per heavy atom. The summed E-state index contributed by atoms with van der Waals surface area (Å²) < 4.78 is 7.49. The predicted octanol–water partition coefficient (Wildman–Crippen LogP) is 3.41. The highest BCUT2D eigenvalue weighted by Gasteiger charge is 2.19. The first kappa shape index (κ1) is 16.5. The number of carbonyl (C=O) groups excluding carboxylic acids is 1. The van der Waals surface area contributed by atoms with Crippen LogP contribution in [0, 0.1) is 0 Å². The fraction of sp³-hybridized carbons (Fsp3) is 0.368. The number of benzene rings is 1. The number of rotatable bonds is 5. The maximum atomic E-state index is 11.8. The number of fused-ring (bicyclic) bond motifs is 1. The van der Waals surface area contributed by atoms with Gasteiger partial charge in [-0.1, -0.05) is 31.2 Å². The van der Waals surface area contributed by atoms with E-state index in [1.165, 1.54) is 0 Å². The van der Waals surface area contributed by atoms with Gasteiger partial charge < -0.3 is 14.2 Å². The lowest BCUT2D eigenvalue weighted by Crippen LogP contribution is -2.40. The van der Waals surface area contributed by atoms with Crippen LogP contribution in [-0.4, -0.2) is 47.9 Å². The molecule has 1 fully saturated rings. The molecule has 1 saturated heterocycles. The molecule has 0 atom stereocenters. The molecule has 5 nitrogen and oxygen atoms in total. The Labute approximate surface area is 142 Å². The summed E-state index contributed by atoms with van der Waals surface area (Å²) in [6.07, 6.45) is 3.56. The van der Waals surface area contributed by atoms with E-state index in [1.54, 1.807) is 0 Å². The van der Waals surface area contributed by atoms with E-state index >= 15 is 0 Å². The van der Waals surface area contributed by atoms with Crippen LogP contribution in [0.5, 0.6) is 0 Å². The Kier molecular flexibility index (Phi) is 5.11. The fourth-order valence-electron chi connectivity index (χ4n) is 3.18. The van der Waals surface area contributed by atoms with Gasteiger partial charge in [-0.25, -0.2) is 4.99 Å². The second kappa shape index (κ2) is 7.45. The molecule has 0 aliphatic carbocycles. The first-order valence-electron chi connectivity index (χ1n) is 8.37. The number of nitrogens with zero attached hydrogens (tertiary/aromatic N) is 3. The Bertz CT molecular complexity index is 770. The average Bonchev–Trinajstić information content (AvgIpc) is 2.93. The largest absolute Gasteiger partial charge is 0.378 e. The number of aromatic nitrogens is 1. The molecule has 1 aromatic heterocycles. The van der Waals surface area contributed by atoms with E-state index in [2.05, 4.69) is 23.0 Å². The first-order chi connectivity index (χ1) is 11.8. The normalized spacial score (nSPS) is 15.7. The summed E-state index contributed by atoms with van der Waals surface area (Å²) in [5, 5.41) is 0.936. The highest BCUT2D eigenvalue weighted by Crippen LogP contribution is 2.32. The van der Waals surface area contributed by atoms with Gasteiger partial charge in [-0.15, -0.1) is 6.58 Å². The molecule has 2 heterocycles. The maximum absolute atomic E-state index is 11.8. The summed E-state index contributed by atoms with van der Waals surface area (Å²) in [5.41, 5.74) is 1.65. The molecule has 1 aromatic carbocycles. The van der Waals surface area contributed by atoms with E-state index in [0.29, 0.717) is 12.1 Å². The number of aldehydes is 1. The van der Waals surface area contributed by atoms with Gasteiger partial charge in [0.2, 0.25) is 0 Å². The second-order valence-corrected chi connectivity index (χ2v) is 5.75. The number of amidine groups is 1. The molecule has 0 amide bonds. The minimum atomic E-state index is 0.618. The number of para-hydroxylation sites is 1. The minimum Gasteiger partial charge on any atom is -0.378 e. The molecular weight excluding hydrogens is 302 g/mol. The van der Waals surface area contributed by atoms with Gasteiger partial charge >= 0.3 is 0 Å². The number of allylic oxidation sites excluding steroid dienone is 1. The smallest absolute Gasteiger partial charge is 0.154 e. The molecule has 0 bridgehead atoms.